The zero-order valence-electron chi connectivity index (χ0n) is 16.0. The number of aromatic amines is 1. The average Bonchev–Trinajstić information content (AvgIpc) is 3.15. The van der Waals surface area contributed by atoms with Crippen LogP contribution in [-0.4, -0.2) is 34.3 Å². The Bertz CT molecular complexity index is 1090. The van der Waals surface area contributed by atoms with E-state index < -0.39 is 5.97 Å². The summed E-state index contributed by atoms with van der Waals surface area (Å²) in [5.41, 5.74) is 5.73. The molecule has 0 unspecified atom stereocenters. The number of para-hydroxylation sites is 1. The van der Waals surface area contributed by atoms with Crippen molar-refractivity contribution >= 4 is 17.6 Å². The fourth-order valence-electron chi connectivity index (χ4n) is 3.73. The van der Waals surface area contributed by atoms with Gasteiger partial charge in [0.2, 0.25) is 5.91 Å². The second kappa shape index (κ2) is 7.79. The van der Waals surface area contributed by atoms with E-state index >= 15 is 0 Å². The van der Waals surface area contributed by atoms with Crippen LogP contribution in [0.5, 0.6) is 5.75 Å². The van der Waals surface area contributed by atoms with Crippen molar-refractivity contribution < 1.29 is 19.4 Å². The average molecular weight is 391 g/mol. The molecule has 1 heterocycles. The Balaban J connectivity index is 1.46. The smallest absolute Gasteiger partial charge is 0.337 e. The standard InChI is InChI=1S/C22H21N3O4/c1-29-14-7-9-15-13(12-14)6-8-16-19(24-25-21(15)16)10-11-20(26)23-18-5-3-2-4-17(18)22(27)28/h2-5,7,9,12H,6,8,10-11H2,1H3,(H,23,26)(H,24,25)(H,27,28). The van der Waals surface area contributed by atoms with Crippen molar-refractivity contribution in [3.63, 3.8) is 0 Å². The second-order valence-corrected chi connectivity index (χ2v) is 6.95. The Labute approximate surface area is 167 Å². The zero-order chi connectivity index (χ0) is 20.4. The van der Waals surface area contributed by atoms with E-state index in [4.69, 9.17) is 4.74 Å². The Morgan fingerprint density at radius 1 is 1.21 bits per heavy atom. The summed E-state index contributed by atoms with van der Waals surface area (Å²) in [6.07, 6.45) is 2.45. The molecule has 2 aromatic carbocycles. The maximum atomic E-state index is 12.4. The highest BCUT2D eigenvalue weighted by molar-refractivity contribution is 6.00. The number of hydrogen-bond acceptors (Lipinski definition) is 4. The minimum absolute atomic E-state index is 0.0741. The van der Waals surface area contributed by atoms with Gasteiger partial charge in [-0.25, -0.2) is 4.79 Å². The van der Waals surface area contributed by atoms with Gasteiger partial charge in [0, 0.05) is 24.0 Å². The number of carbonyl (C=O) groups is 2. The summed E-state index contributed by atoms with van der Waals surface area (Å²) < 4.78 is 5.30. The van der Waals surface area contributed by atoms with Crippen molar-refractivity contribution in [3.05, 3.63) is 64.8 Å². The molecule has 4 rings (SSSR count). The topological polar surface area (TPSA) is 104 Å². The first kappa shape index (κ1) is 18.7. The highest BCUT2D eigenvalue weighted by atomic mass is 16.5. The predicted octanol–water partition coefficient (Wildman–Crippen LogP) is 3.45. The molecule has 0 saturated carbocycles. The van der Waals surface area contributed by atoms with Crippen molar-refractivity contribution in [2.24, 2.45) is 0 Å². The van der Waals surface area contributed by atoms with E-state index in [9.17, 15) is 14.7 Å². The van der Waals surface area contributed by atoms with Crippen LogP contribution in [0.1, 0.15) is 33.6 Å². The van der Waals surface area contributed by atoms with Crippen molar-refractivity contribution in [1.82, 2.24) is 10.2 Å². The van der Waals surface area contributed by atoms with E-state index in [1.807, 2.05) is 18.2 Å². The number of rotatable bonds is 6. The Morgan fingerprint density at radius 3 is 2.83 bits per heavy atom. The third kappa shape index (κ3) is 3.71. The number of anilines is 1. The summed E-state index contributed by atoms with van der Waals surface area (Å²) >= 11 is 0. The summed E-state index contributed by atoms with van der Waals surface area (Å²) in [6.45, 7) is 0. The largest absolute Gasteiger partial charge is 0.497 e. The lowest BCUT2D eigenvalue weighted by molar-refractivity contribution is -0.116. The van der Waals surface area contributed by atoms with Gasteiger partial charge >= 0.3 is 5.97 Å². The number of carboxylic acid groups (broad SMARTS) is 1. The number of nitrogens with zero attached hydrogens (tertiary/aromatic N) is 1. The van der Waals surface area contributed by atoms with Gasteiger partial charge in [-0.3, -0.25) is 9.89 Å². The van der Waals surface area contributed by atoms with Crippen LogP contribution in [0.2, 0.25) is 0 Å². The number of benzene rings is 2. The molecule has 0 radical (unpaired) electrons. The third-order valence-corrected chi connectivity index (χ3v) is 5.20. The van der Waals surface area contributed by atoms with Crippen LogP contribution < -0.4 is 10.1 Å². The van der Waals surface area contributed by atoms with Gasteiger partial charge in [-0.05, 0) is 48.7 Å². The molecular weight excluding hydrogens is 370 g/mol. The second-order valence-electron chi connectivity index (χ2n) is 6.95. The van der Waals surface area contributed by atoms with Crippen LogP contribution in [0, 0.1) is 0 Å². The van der Waals surface area contributed by atoms with Crippen molar-refractivity contribution in [1.29, 1.82) is 0 Å². The lowest BCUT2D eigenvalue weighted by Gasteiger charge is -2.17. The van der Waals surface area contributed by atoms with Gasteiger partial charge < -0.3 is 15.2 Å². The maximum absolute atomic E-state index is 12.4. The first-order chi connectivity index (χ1) is 14.1. The Kier molecular flexibility index (Phi) is 5.03. The highest BCUT2D eigenvalue weighted by Gasteiger charge is 2.22. The lowest BCUT2D eigenvalue weighted by Crippen LogP contribution is -2.15. The number of H-pyrrole nitrogens is 1. The summed E-state index contributed by atoms with van der Waals surface area (Å²) in [5.74, 6) is -0.473. The maximum Gasteiger partial charge on any atom is 0.337 e. The van der Waals surface area contributed by atoms with E-state index in [1.54, 1.807) is 25.3 Å². The number of methoxy groups -OCH3 is 1. The van der Waals surface area contributed by atoms with Crippen LogP contribution in [0.15, 0.2) is 42.5 Å². The number of ether oxygens (including phenoxy) is 1. The number of hydrogen-bond donors (Lipinski definition) is 3. The number of carboxylic acids is 1. The summed E-state index contributed by atoms with van der Waals surface area (Å²) in [4.78, 5) is 23.6. The lowest BCUT2D eigenvalue weighted by atomic mass is 9.88. The van der Waals surface area contributed by atoms with Gasteiger partial charge in [-0.15, -0.1) is 0 Å². The molecule has 1 aliphatic rings. The van der Waals surface area contributed by atoms with E-state index in [2.05, 4.69) is 15.5 Å². The highest BCUT2D eigenvalue weighted by Crippen LogP contribution is 2.35. The van der Waals surface area contributed by atoms with Crippen LogP contribution in [0.4, 0.5) is 5.69 Å². The zero-order valence-corrected chi connectivity index (χ0v) is 16.0. The van der Waals surface area contributed by atoms with Crippen molar-refractivity contribution in [2.45, 2.75) is 25.7 Å². The molecule has 0 saturated heterocycles. The van der Waals surface area contributed by atoms with Gasteiger partial charge in [0.15, 0.2) is 0 Å². The first-order valence-corrected chi connectivity index (χ1v) is 9.42. The molecule has 0 fully saturated rings. The van der Waals surface area contributed by atoms with Gasteiger partial charge in [0.05, 0.1) is 29.7 Å². The molecule has 0 atom stereocenters. The number of aromatic nitrogens is 2. The van der Waals surface area contributed by atoms with Crippen LogP contribution in [0.3, 0.4) is 0 Å². The van der Waals surface area contributed by atoms with Gasteiger partial charge in [-0.1, -0.05) is 12.1 Å². The van der Waals surface area contributed by atoms with E-state index in [-0.39, 0.29) is 17.9 Å². The van der Waals surface area contributed by atoms with Gasteiger partial charge in [0.25, 0.3) is 0 Å². The molecule has 1 aromatic heterocycles. The van der Waals surface area contributed by atoms with E-state index in [0.717, 1.165) is 41.1 Å². The summed E-state index contributed by atoms with van der Waals surface area (Å²) in [5, 5.41) is 19.5. The monoisotopic (exact) mass is 391 g/mol. The number of amides is 1. The minimum atomic E-state index is -1.07. The molecule has 1 aliphatic carbocycles. The molecule has 0 bridgehead atoms. The minimum Gasteiger partial charge on any atom is -0.497 e. The Morgan fingerprint density at radius 2 is 2.03 bits per heavy atom. The van der Waals surface area contributed by atoms with Crippen LogP contribution >= 0.6 is 0 Å². The molecule has 0 aliphatic heterocycles. The fourth-order valence-corrected chi connectivity index (χ4v) is 3.73. The number of aryl methyl sites for hydroxylation is 2. The molecule has 3 N–H and O–H groups in total. The Hall–Kier alpha value is -3.61. The van der Waals surface area contributed by atoms with Gasteiger partial charge in [-0.2, -0.15) is 5.10 Å². The van der Waals surface area contributed by atoms with Crippen LogP contribution in [0.25, 0.3) is 11.3 Å². The van der Waals surface area contributed by atoms with Crippen molar-refractivity contribution in [3.8, 4) is 17.0 Å². The number of aromatic carboxylic acids is 1. The molecule has 0 spiro atoms. The first-order valence-electron chi connectivity index (χ1n) is 9.42. The summed E-state index contributed by atoms with van der Waals surface area (Å²) in [6, 6.07) is 12.4. The van der Waals surface area contributed by atoms with E-state index in [0.29, 0.717) is 12.1 Å². The molecule has 7 heteroatoms. The molecule has 29 heavy (non-hydrogen) atoms. The predicted molar refractivity (Wildman–Crippen MR) is 108 cm³/mol. The number of nitrogens with one attached hydrogen (secondary N) is 2. The third-order valence-electron chi connectivity index (χ3n) is 5.20. The van der Waals surface area contributed by atoms with Gasteiger partial charge in [0.1, 0.15) is 5.75 Å². The van der Waals surface area contributed by atoms with E-state index in [1.165, 1.54) is 11.6 Å². The van der Waals surface area contributed by atoms with Crippen LogP contribution in [-0.2, 0) is 24.1 Å². The molecule has 7 nitrogen and oxygen atoms in total. The molecule has 148 valence electrons. The fraction of sp³-hybridized carbons (Fsp3) is 0.227. The summed E-state index contributed by atoms with van der Waals surface area (Å²) in [7, 11) is 1.66. The SMILES string of the molecule is COc1ccc2c(c1)CCc1c(CCC(=O)Nc3ccccc3C(=O)O)n[nH]c1-2. The normalized spacial score (nSPS) is 12.0. The van der Waals surface area contributed by atoms with Crippen molar-refractivity contribution in [2.75, 3.05) is 12.4 Å². The quantitative estimate of drug-likeness (QED) is 0.597. The number of carbonyl (C=O) groups excluding carboxylic acids is 1. The number of fused-ring (bicyclic) bond motifs is 3. The molecular formula is C22H21N3O4. The molecule has 1 amide bonds. The molecule has 3 aromatic rings.